The summed E-state index contributed by atoms with van der Waals surface area (Å²) < 4.78 is 56.8. The zero-order valence-corrected chi connectivity index (χ0v) is 29.2. The Hall–Kier alpha value is -4.26. The first kappa shape index (κ1) is 40.2. The molecule has 1 aromatic carbocycles. The van der Waals surface area contributed by atoms with E-state index in [0.29, 0.717) is 4.90 Å². The molecular formula is C32H40O17S. The molecule has 0 saturated carbocycles. The summed E-state index contributed by atoms with van der Waals surface area (Å²) in [5.41, 5.74) is -1.05. The van der Waals surface area contributed by atoms with Crippen molar-refractivity contribution >= 4 is 53.5 Å². The number of hydrogen-bond acceptors (Lipinski definition) is 18. The summed E-state index contributed by atoms with van der Waals surface area (Å²) in [6, 6.07) is 8.85. The van der Waals surface area contributed by atoms with Crippen LogP contribution in [0.5, 0.6) is 0 Å². The molecule has 2 heterocycles. The van der Waals surface area contributed by atoms with Gasteiger partial charge in [-0.1, -0.05) is 30.0 Å². The van der Waals surface area contributed by atoms with Gasteiger partial charge in [0.1, 0.15) is 37.0 Å². The monoisotopic (exact) mass is 728 g/mol. The number of ether oxygens (including phenoxy) is 10. The Bertz CT molecular complexity index is 1390. The fraction of sp³-hybridized carbons (Fsp3) is 0.594. The normalized spacial score (nSPS) is 29.0. The summed E-state index contributed by atoms with van der Waals surface area (Å²) in [6.07, 6.45) is -13.4. The van der Waals surface area contributed by atoms with Gasteiger partial charge in [0.2, 0.25) is 0 Å². The highest BCUT2D eigenvalue weighted by Gasteiger charge is 2.57. The van der Waals surface area contributed by atoms with Gasteiger partial charge in [-0.05, 0) is 12.1 Å². The molecule has 10 atom stereocenters. The summed E-state index contributed by atoms with van der Waals surface area (Å²) >= 11 is 1.12. The van der Waals surface area contributed by atoms with E-state index >= 15 is 0 Å². The van der Waals surface area contributed by atoms with Gasteiger partial charge in [-0.15, -0.1) is 0 Å². The van der Waals surface area contributed by atoms with Crippen LogP contribution in [-0.4, -0.2) is 116 Å². The van der Waals surface area contributed by atoms with Gasteiger partial charge in [-0.3, -0.25) is 33.6 Å². The van der Waals surface area contributed by atoms with Crippen molar-refractivity contribution in [2.24, 2.45) is 0 Å². The zero-order valence-electron chi connectivity index (χ0n) is 28.4. The maximum Gasteiger partial charge on any atom is 0.303 e. The van der Waals surface area contributed by atoms with Crippen molar-refractivity contribution in [2.45, 2.75) is 114 Å². The minimum absolute atomic E-state index is 0.471. The van der Waals surface area contributed by atoms with Crippen LogP contribution in [0.1, 0.15) is 48.5 Å². The van der Waals surface area contributed by atoms with E-state index in [2.05, 4.69) is 0 Å². The number of rotatable bonds is 13. The first-order valence-electron chi connectivity index (χ1n) is 15.4. The van der Waals surface area contributed by atoms with Gasteiger partial charge >= 0.3 is 41.8 Å². The predicted molar refractivity (Wildman–Crippen MR) is 166 cm³/mol. The maximum absolute atomic E-state index is 12.5. The third-order valence-electron chi connectivity index (χ3n) is 6.88. The van der Waals surface area contributed by atoms with Crippen LogP contribution in [0.15, 0.2) is 35.2 Å². The Labute approximate surface area is 291 Å². The average Bonchev–Trinajstić information content (AvgIpc) is 3.00. The Morgan fingerprint density at radius 3 is 1.42 bits per heavy atom. The van der Waals surface area contributed by atoms with E-state index in [9.17, 15) is 33.6 Å². The molecular weight excluding hydrogens is 688 g/mol. The van der Waals surface area contributed by atoms with Crippen LogP contribution in [0, 0.1) is 0 Å². The molecule has 2 saturated heterocycles. The minimum atomic E-state index is -1.75. The first-order chi connectivity index (χ1) is 23.5. The van der Waals surface area contributed by atoms with E-state index in [1.165, 1.54) is 0 Å². The van der Waals surface area contributed by atoms with Crippen LogP contribution in [0.4, 0.5) is 0 Å². The van der Waals surface area contributed by atoms with Gasteiger partial charge < -0.3 is 47.4 Å². The number of esters is 7. The lowest BCUT2D eigenvalue weighted by molar-refractivity contribution is -0.341. The van der Waals surface area contributed by atoms with Crippen molar-refractivity contribution < 1.29 is 80.9 Å². The van der Waals surface area contributed by atoms with E-state index in [0.717, 1.165) is 60.2 Å². The Balaban J connectivity index is 2.16. The van der Waals surface area contributed by atoms with Gasteiger partial charge in [0.25, 0.3) is 0 Å². The van der Waals surface area contributed by atoms with Crippen molar-refractivity contribution in [1.29, 1.82) is 0 Å². The minimum Gasteiger partial charge on any atom is -0.463 e. The van der Waals surface area contributed by atoms with Crippen molar-refractivity contribution in [1.82, 2.24) is 0 Å². The van der Waals surface area contributed by atoms with Gasteiger partial charge in [0.15, 0.2) is 36.8 Å². The third-order valence-corrected chi connectivity index (χ3v) is 8.04. The second-order valence-corrected chi connectivity index (χ2v) is 12.3. The predicted octanol–water partition coefficient (Wildman–Crippen LogP) is 1.40. The van der Waals surface area contributed by atoms with Gasteiger partial charge in [-0.2, -0.15) is 0 Å². The molecule has 2 fully saturated rings. The molecule has 2 aliphatic rings. The molecule has 3 rings (SSSR count). The van der Waals surface area contributed by atoms with Crippen molar-refractivity contribution in [3.63, 3.8) is 0 Å². The molecule has 6 unspecified atom stereocenters. The van der Waals surface area contributed by atoms with Gasteiger partial charge in [-0.25, -0.2) is 0 Å². The molecule has 0 radical (unpaired) electrons. The quantitative estimate of drug-likeness (QED) is 0.207. The molecule has 17 nitrogen and oxygen atoms in total. The summed E-state index contributed by atoms with van der Waals surface area (Å²) in [6.45, 7) is 6.66. The first-order valence-corrected chi connectivity index (χ1v) is 16.2. The fourth-order valence-electron chi connectivity index (χ4n) is 5.20. The van der Waals surface area contributed by atoms with Gasteiger partial charge in [0, 0.05) is 53.4 Å². The molecule has 0 aliphatic carbocycles. The van der Waals surface area contributed by atoms with E-state index in [4.69, 9.17) is 47.4 Å². The van der Waals surface area contributed by atoms with Crippen LogP contribution in [0.25, 0.3) is 0 Å². The smallest absolute Gasteiger partial charge is 0.303 e. The molecule has 0 aromatic heterocycles. The van der Waals surface area contributed by atoms with Crippen LogP contribution >= 0.6 is 11.8 Å². The van der Waals surface area contributed by atoms with Crippen LogP contribution < -0.4 is 0 Å². The largest absolute Gasteiger partial charge is 0.463 e. The second kappa shape index (κ2) is 18.7. The molecule has 0 bridgehead atoms. The third kappa shape index (κ3) is 12.0. The molecule has 276 valence electrons. The molecule has 0 spiro atoms. The number of carbonyl (C=O) groups is 7. The SMILES string of the molecule is CC(=O)OCC1O[C@@H](O[C@H]2C(COC(C)=O)O[C@@H](Sc3ccccc3)C(OC(C)=O)C2OC(C)=O)C(OC(C)=O)C(OC(C)=O)[C@H]1OC(C)=O. The molecule has 0 amide bonds. The lowest BCUT2D eigenvalue weighted by atomic mass is 9.96. The molecule has 0 N–H and O–H groups in total. The van der Waals surface area contributed by atoms with Crippen molar-refractivity contribution in [3.05, 3.63) is 30.3 Å². The number of benzene rings is 1. The average molecular weight is 729 g/mol. The second-order valence-electron chi connectivity index (χ2n) is 11.1. The summed E-state index contributed by atoms with van der Waals surface area (Å²) in [4.78, 5) is 86.2. The molecule has 1 aromatic rings. The number of thioether (sulfide) groups is 1. The lowest BCUT2D eigenvalue weighted by Crippen LogP contribution is -2.66. The van der Waals surface area contributed by atoms with Gasteiger partial charge in [0.05, 0.1) is 0 Å². The topological polar surface area (TPSA) is 212 Å². The molecule has 2 aliphatic heterocycles. The Morgan fingerprint density at radius 1 is 0.520 bits per heavy atom. The van der Waals surface area contributed by atoms with E-state index < -0.39 is 116 Å². The van der Waals surface area contributed by atoms with E-state index in [-0.39, 0.29) is 0 Å². The van der Waals surface area contributed by atoms with E-state index in [1.54, 1.807) is 30.3 Å². The Morgan fingerprint density at radius 2 is 0.940 bits per heavy atom. The Kier molecular flexibility index (Phi) is 15.0. The summed E-state index contributed by atoms with van der Waals surface area (Å²) in [7, 11) is 0. The summed E-state index contributed by atoms with van der Waals surface area (Å²) in [5.74, 6) is -5.63. The highest BCUT2D eigenvalue weighted by molar-refractivity contribution is 7.99. The van der Waals surface area contributed by atoms with Crippen molar-refractivity contribution in [3.8, 4) is 0 Å². The zero-order chi connectivity index (χ0) is 37.1. The number of carbonyl (C=O) groups excluding carboxylic acids is 7. The molecule has 50 heavy (non-hydrogen) atoms. The van der Waals surface area contributed by atoms with Crippen LogP contribution in [0.3, 0.4) is 0 Å². The number of hydrogen-bond donors (Lipinski definition) is 0. The van der Waals surface area contributed by atoms with E-state index in [1.807, 2.05) is 0 Å². The fourth-order valence-corrected chi connectivity index (χ4v) is 6.33. The van der Waals surface area contributed by atoms with Crippen LogP contribution in [-0.2, 0) is 80.9 Å². The maximum atomic E-state index is 12.5. The van der Waals surface area contributed by atoms with Crippen LogP contribution in [0.2, 0.25) is 0 Å². The highest BCUT2D eigenvalue weighted by atomic mass is 32.2. The molecule has 18 heteroatoms. The summed E-state index contributed by atoms with van der Waals surface area (Å²) in [5, 5.41) is 0. The standard InChI is InChI=1S/C32H40O17S/c1-15(33)40-13-23-25(42-17(3)35)27(43-18(4)36)29(45-20(6)38)31(47-23)49-26-24(14-41-16(2)34)48-32(50-22-11-9-8-10-12-22)30(46-21(7)39)28(26)44-19(5)37/h8-12,23-32H,13-14H2,1-7H3/t23?,24?,25-,26-,27?,28?,29?,30?,31-,32-/m0/s1. The highest BCUT2D eigenvalue weighted by Crippen LogP contribution is 2.39. The lowest BCUT2D eigenvalue weighted by Gasteiger charge is -2.48. The van der Waals surface area contributed by atoms with Crippen molar-refractivity contribution in [2.75, 3.05) is 13.2 Å².